The molecule has 1 aliphatic rings. The lowest BCUT2D eigenvalue weighted by Gasteiger charge is -2.22. The summed E-state index contributed by atoms with van der Waals surface area (Å²) in [6, 6.07) is 7.83. The van der Waals surface area contributed by atoms with Crippen molar-refractivity contribution in [3.63, 3.8) is 0 Å². The number of rotatable bonds is 5. The molecule has 0 aliphatic heterocycles. The molecule has 128 valence electrons. The molecule has 0 saturated heterocycles. The van der Waals surface area contributed by atoms with Crippen molar-refractivity contribution < 1.29 is 17.6 Å². The Hall–Kier alpha value is -2.12. The highest BCUT2D eigenvalue weighted by Gasteiger charge is 2.25. The Labute approximate surface area is 141 Å². The number of hydrogen-bond acceptors (Lipinski definition) is 4. The van der Waals surface area contributed by atoms with E-state index in [1.54, 1.807) is 25.3 Å². The average molecular weight is 348 g/mol. The van der Waals surface area contributed by atoms with E-state index < -0.39 is 10.0 Å². The minimum Gasteiger partial charge on any atom is -0.469 e. The maximum Gasteiger partial charge on any atom is 0.251 e. The van der Waals surface area contributed by atoms with Crippen molar-refractivity contribution in [1.82, 2.24) is 10.0 Å². The van der Waals surface area contributed by atoms with Crippen molar-refractivity contribution in [3.05, 3.63) is 53.5 Å². The molecule has 1 aliphatic carbocycles. The third-order valence-corrected chi connectivity index (χ3v) is 5.64. The SMILES string of the molecule is CCNS(=O)(=O)c1cccc(C(=O)NC2CCCc3occc32)c1. The minimum absolute atomic E-state index is 0.0876. The highest BCUT2D eigenvalue weighted by Crippen LogP contribution is 2.30. The van der Waals surface area contributed by atoms with E-state index in [9.17, 15) is 13.2 Å². The summed E-state index contributed by atoms with van der Waals surface area (Å²) >= 11 is 0. The summed E-state index contributed by atoms with van der Waals surface area (Å²) in [5.41, 5.74) is 1.33. The fourth-order valence-corrected chi connectivity index (χ4v) is 4.04. The quantitative estimate of drug-likeness (QED) is 0.868. The van der Waals surface area contributed by atoms with Crippen LogP contribution in [0.4, 0.5) is 0 Å². The zero-order valence-electron chi connectivity index (χ0n) is 13.4. The zero-order valence-corrected chi connectivity index (χ0v) is 14.2. The molecule has 3 rings (SSSR count). The summed E-state index contributed by atoms with van der Waals surface area (Å²) < 4.78 is 32.0. The van der Waals surface area contributed by atoms with Crippen LogP contribution < -0.4 is 10.0 Å². The van der Waals surface area contributed by atoms with Crippen molar-refractivity contribution in [3.8, 4) is 0 Å². The molecule has 24 heavy (non-hydrogen) atoms. The van der Waals surface area contributed by atoms with Gasteiger partial charge in [0, 0.05) is 24.1 Å². The molecular formula is C17H20N2O4S. The number of sulfonamides is 1. The molecule has 1 unspecified atom stereocenters. The maximum absolute atomic E-state index is 12.5. The van der Waals surface area contributed by atoms with Crippen LogP contribution in [0.3, 0.4) is 0 Å². The average Bonchev–Trinajstić information content (AvgIpc) is 3.04. The second-order valence-electron chi connectivity index (χ2n) is 5.75. The molecule has 1 heterocycles. The van der Waals surface area contributed by atoms with Crippen LogP contribution in [-0.2, 0) is 16.4 Å². The van der Waals surface area contributed by atoms with Gasteiger partial charge in [-0.3, -0.25) is 4.79 Å². The molecule has 0 radical (unpaired) electrons. The molecule has 6 nitrogen and oxygen atoms in total. The first-order valence-corrected chi connectivity index (χ1v) is 9.46. The standard InChI is InChI=1S/C17H20N2O4S/c1-2-18-24(21,22)13-6-3-5-12(11-13)17(20)19-15-7-4-8-16-14(15)9-10-23-16/h3,5-6,9-11,15,18H,2,4,7-8H2,1H3,(H,19,20). The number of carbonyl (C=O) groups excluding carboxylic acids is 1. The first kappa shape index (κ1) is 16.7. The van der Waals surface area contributed by atoms with Crippen molar-refractivity contribution >= 4 is 15.9 Å². The van der Waals surface area contributed by atoms with Crippen LogP contribution in [0, 0.1) is 0 Å². The topological polar surface area (TPSA) is 88.4 Å². The summed E-state index contributed by atoms with van der Waals surface area (Å²) in [6.07, 6.45) is 4.30. The van der Waals surface area contributed by atoms with E-state index >= 15 is 0 Å². The van der Waals surface area contributed by atoms with Gasteiger partial charge >= 0.3 is 0 Å². The number of hydrogen-bond donors (Lipinski definition) is 2. The lowest BCUT2D eigenvalue weighted by atomic mass is 9.93. The maximum atomic E-state index is 12.5. The fraction of sp³-hybridized carbons (Fsp3) is 0.353. The lowest BCUT2D eigenvalue weighted by molar-refractivity contribution is 0.0932. The molecule has 1 aromatic heterocycles. The van der Waals surface area contributed by atoms with Crippen molar-refractivity contribution in [1.29, 1.82) is 0 Å². The third kappa shape index (κ3) is 3.37. The Morgan fingerprint density at radius 1 is 1.33 bits per heavy atom. The molecule has 0 spiro atoms. The smallest absolute Gasteiger partial charge is 0.251 e. The Bertz CT molecular complexity index is 842. The van der Waals surface area contributed by atoms with E-state index in [4.69, 9.17) is 4.42 Å². The van der Waals surface area contributed by atoms with Crippen LogP contribution in [0.5, 0.6) is 0 Å². The predicted octanol–water partition coefficient (Wildman–Crippen LogP) is 2.39. The number of amides is 1. The summed E-state index contributed by atoms with van der Waals surface area (Å²) in [5, 5.41) is 2.97. The lowest BCUT2D eigenvalue weighted by Crippen LogP contribution is -2.30. The van der Waals surface area contributed by atoms with E-state index in [0.29, 0.717) is 12.1 Å². The van der Waals surface area contributed by atoms with Gasteiger partial charge in [-0.2, -0.15) is 0 Å². The summed E-state index contributed by atoms with van der Waals surface area (Å²) in [6.45, 7) is 2.00. The van der Waals surface area contributed by atoms with E-state index in [1.807, 2.05) is 6.07 Å². The van der Waals surface area contributed by atoms with Gasteiger partial charge in [0.2, 0.25) is 10.0 Å². The molecule has 0 fully saturated rings. The number of benzene rings is 1. The van der Waals surface area contributed by atoms with Gasteiger partial charge in [0.05, 0.1) is 17.2 Å². The molecule has 0 bridgehead atoms. The number of aryl methyl sites for hydroxylation is 1. The van der Waals surface area contributed by atoms with E-state index in [2.05, 4.69) is 10.0 Å². The number of fused-ring (bicyclic) bond motifs is 1. The first-order valence-electron chi connectivity index (χ1n) is 7.98. The number of nitrogens with one attached hydrogen (secondary N) is 2. The van der Waals surface area contributed by atoms with Crippen LogP contribution in [0.25, 0.3) is 0 Å². The van der Waals surface area contributed by atoms with Crippen LogP contribution in [0.1, 0.15) is 47.5 Å². The minimum atomic E-state index is -3.58. The van der Waals surface area contributed by atoms with Crippen LogP contribution in [0.15, 0.2) is 45.9 Å². The van der Waals surface area contributed by atoms with Gasteiger partial charge < -0.3 is 9.73 Å². The molecule has 1 aromatic carbocycles. The van der Waals surface area contributed by atoms with Crippen molar-refractivity contribution in [2.75, 3.05) is 6.54 Å². The first-order chi connectivity index (χ1) is 11.5. The molecule has 1 atom stereocenters. The molecule has 2 aromatic rings. The third-order valence-electron chi connectivity index (χ3n) is 4.10. The number of furan rings is 1. The van der Waals surface area contributed by atoms with E-state index in [0.717, 1.165) is 30.6 Å². The largest absolute Gasteiger partial charge is 0.469 e. The van der Waals surface area contributed by atoms with Crippen LogP contribution in [0.2, 0.25) is 0 Å². The Morgan fingerprint density at radius 2 is 2.17 bits per heavy atom. The van der Waals surface area contributed by atoms with E-state index in [-0.39, 0.29) is 16.8 Å². The van der Waals surface area contributed by atoms with Gasteiger partial charge in [0.1, 0.15) is 5.76 Å². The van der Waals surface area contributed by atoms with Gasteiger partial charge in [0.25, 0.3) is 5.91 Å². The normalized spacial score (nSPS) is 17.3. The summed E-state index contributed by atoms with van der Waals surface area (Å²) in [7, 11) is -3.58. The summed E-state index contributed by atoms with van der Waals surface area (Å²) in [4.78, 5) is 12.6. The highest BCUT2D eigenvalue weighted by atomic mass is 32.2. The molecule has 2 N–H and O–H groups in total. The number of carbonyl (C=O) groups is 1. The molecular weight excluding hydrogens is 328 g/mol. The van der Waals surface area contributed by atoms with Gasteiger partial charge in [0.15, 0.2) is 0 Å². The fourth-order valence-electron chi connectivity index (χ4n) is 2.96. The van der Waals surface area contributed by atoms with Crippen molar-refractivity contribution in [2.24, 2.45) is 0 Å². The predicted molar refractivity (Wildman–Crippen MR) is 89.2 cm³/mol. The molecule has 7 heteroatoms. The van der Waals surface area contributed by atoms with Crippen LogP contribution in [-0.4, -0.2) is 20.9 Å². The Balaban J connectivity index is 1.80. The monoisotopic (exact) mass is 348 g/mol. The van der Waals surface area contributed by atoms with Gasteiger partial charge in [-0.05, 0) is 37.1 Å². The zero-order chi connectivity index (χ0) is 17.2. The van der Waals surface area contributed by atoms with Gasteiger partial charge in [-0.1, -0.05) is 13.0 Å². The second kappa shape index (κ2) is 6.78. The summed E-state index contributed by atoms with van der Waals surface area (Å²) in [5.74, 6) is 0.623. The van der Waals surface area contributed by atoms with Crippen LogP contribution >= 0.6 is 0 Å². The van der Waals surface area contributed by atoms with Gasteiger partial charge in [-0.25, -0.2) is 13.1 Å². The highest BCUT2D eigenvalue weighted by molar-refractivity contribution is 7.89. The Kier molecular flexibility index (Phi) is 4.73. The second-order valence-corrected chi connectivity index (χ2v) is 7.51. The van der Waals surface area contributed by atoms with Gasteiger partial charge in [-0.15, -0.1) is 0 Å². The molecule has 0 saturated carbocycles. The van der Waals surface area contributed by atoms with E-state index in [1.165, 1.54) is 12.1 Å². The Morgan fingerprint density at radius 3 is 2.96 bits per heavy atom. The van der Waals surface area contributed by atoms with Crippen molar-refractivity contribution in [2.45, 2.75) is 37.1 Å². The molecule has 1 amide bonds.